The smallest absolute Gasteiger partial charge is 0.0795 e. The number of rotatable bonds is 1. The zero-order chi connectivity index (χ0) is 11.7. The third-order valence-corrected chi connectivity index (χ3v) is 2.22. The van der Waals surface area contributed by atoms with Crippen molar-refractivity contribution in [1.82, 2.24) is 15.0 Å². The largest absolute Gasteiger partial charge is 0.391 e. The van der Waals surface area contributed by atoms with E-state index in [1.54, 1.807) is 17.1 Å². The van der Waals surface area contributed by atoms with Crippen molar-refractivity contribution in [2.75, 3.05) is 0 Å². The molecule has 1 aliphatic rings. The molecule has 0 amide bonds. The maximum Gasteiger partial charge on any atom is 0.0795 e. The van der Waals surface area contributed by atoms with Gasteiger partial charge in [0, 0.05) is 6.20 Å². The van der Waals surface area contributed by atoms with Gasteiger partial charge < -0.3 is 5.11 Å². The molecule has 2 unspecified atom stereocenters. The molecule has 2 atom stereocenters. The van der Waals surface area contributed by atoms with E-state index in [9.17, 15) is 5.11 Å². The van der Waals surface area contributed by atoms with Crippen LogP contribution in [0.1, 0.15) is 53.0 Å². The van der Waals surface area contributed by atoms with Crippen molar-refractivity contribution in [3.8, 4) is 0 Å². The molecule has 4 heteroatoms. The van der Waals surface area contributed by atoms with Crippen molar-refractivity contribution in [2.45, 2.75) is 59.1 Å². The Hall–Kier alpha value is -0.900. The van der Waals surface area contributed by atoms with Gasteiger partial charge in [0.15, 0.2) is 0 Å². The monoisotopic (exact) mass is 213 g/mol. The van der Waals surface area contributed by atoms with Gasteiger partial charge in [0.05, 0.1) is 18.3 Å². The Labute approximate surface area is 92.3 Å². The molecule has 0 radical (unpaired) electrons. The summed E-state index contributed by atoms with van der Waals surface area (Å²) >= 11 is 0. The first-order valence-corrected chi connectivity index (χ1v) is 5.92. The molecule has 0 aliphatic heterocycles. The van der Waals surface area contributed by atoms with Crippen LogP contribution < -0.4 is 0 Å². The number of aromatic nitrogens is 3. The third kappa shape index (κ3) is 4.00. The van der Waals surface area contributed by atoms with E-state index >= 15 is 0 Å². The molecule has 1 saturated carbocycles. The Morgan fingerprint density at radius 2 is 1.87 bits per heavy atom. The van der Waals surface area contributed by atoms with Gasteiger partial charge in [0.25, 0.3) is 0 Å². The minimum atomic E-state index is -0.225. The Morgan fingerprint density at radius 1 is 1.20 bits per heavy atom. The lowest BCUT2D eigenvalue weighted by atomic mass is 10.2. The first-order valence-electron chi connectivity index (χ1n) is 5.92. The van der Waals surface area contributed by atoms with Crippen LogP contribution in [-0.4, -0.2) is 26.2 Å². The van der Waals surface area contributed by atoms with Crippen LogP contribution in [0.3, 0.4) is 0 Å². The second-order valence-corrected chi connectivity index (χ2v) is 2.95. The summed E-state index contributed by atoms with van der Waals surface area (Å²) in [5, 5.41) is 17.0. The fraction of sp³-hybridized carbons (Fsp3) is 0.818. The molecule has 2 rings (SSSR count). The molecule has 4 nitrogen and oxygen atoms in total. The van der Waals surface area contributed by atoms with Crippen LogP contribution in [0.25, 0.3) is 0 Å². The highest BCUT2D eigenvalue weighted by molar-refractivity contribution is 4.82. The molecule has 1 aromatic heterocycles. The third-order valence-electron chi connectivity index (χ3n) is 2.22. The highest BCUT2D eigenvalue weighted by atomic mass is 16.3. The van der Waals surface area contributed by atoms with Gasteiger partial charge in [-0.1, -0.05) is 32.9 Å². The summed E-state index contributed by atoms with van der Waals surface area (Å²) in [6, 6.07) is 0.164. The van der Waals surface area contributed by atoms with Crippen LogP contribution in [-0.2, 0) is 0 Å². The average Bonchev–Trinajstić information content (AvgIpc) is 2.94. The highest BCUT2D eigenvalue weighted by Crippen LogP contribution is 2.28. The molecule has 15 heavy (non-hydrogen) atoms. The molecule has 1 aliphatic carbocycles. The minimum absolute atomic E-state index is 0.164. The standard InChI is InChI=1S/C7H11N3O.2C2H6/c11-7-3-1-2-6(7)10-5-4-8-9-10;2*1-2/h4-7,11H,1-3H2;2*1-2H3. The quantitative estimate of drug-likeness (QED) is 0.779. The van der Waals surface area contributed by atoms with Gasteiger partial charge in [-0.05, 0) is 19.3 Å². The predicted molar refractivity (Wildman–Crippen MR) is 61.6 cm³/mol. The highest BCUT2D eigenvalue weighted by Gasteiger charge is 2.26. The van der Waals surface area contributed by atoms with Gasteiger partial charge in [-0.25, -0.2) is 4.68 Å². The van der Waals surface area contributed by atoms with Crippen molar-refractivity contribution in [1.29, 1.82) is 0 Å². The molecule has 0 spiro atoms. The molecular formula is C11H23N3O. The topological polar surface area (TPSA) is 50.9 Å². The Kier molecular flexibility index (Phi) is 7.91. The lowest BCUT2D eigenvalue weighted by Gasteiger charge is -2.12. The normalized spacial score (nSPS) is 23.5. The molecule has 0 aromatic carbocycles. The number of hydrogen-bond donors (Lipinski definition) is 1. The maximum absolute atomic E-state index is 9.47. The van der Waals surface area contributed by atoms with Gasteiger partial charge in [-0.3, -0.25) is 0 Å². The minimum Gasteiger partial charge on any atom is -0.391 e. The lowest BCUT2D eigenvalue weighted by Crippen LogP contribution is -2.18. The first kappa shape index (κ1) is 14.1. The molecule has 1 aromatic rings. The molecule has 0 saturated heterocycles. The van der Waals surface area contributed by atoms with Gasteiger partial charge in [-0.15, -0.1) is 5.10 Å². The fourth-order valence-electron chi connectivity index (χ4n) is 1.62. The summed E-state index contributed by atoms with van der Waals surface area (Å²) in [6.45, 7) is 8.00. The van der Waals surface area contributed by atoms with E-state index in [1.165, 1.54) is 0 Å². The molecule has 1 fully saturated rings. The fourth-order valence-corrected chi connectivity index (χ4v) is 1.62. The SMILES string of the molecule is CC.CC.OC1CCCC1n1ccnn1. The lowest BCUT2D eigenvalue weighted by molar-refractivity contribution is 0.129. The summed E-state index contributed by atoms with van der Waals surface area (Å²) in [6.07, 6.45) is 6.22. The number of hydrogen-bond acceptors (Lipinski definition) is 3. The summed E-state index contributed by atoms with van der Waals surface area (Å²) < 4.78 is 1.75. The second-order valence-electron chi connectivity index (χ2n) is 2.95. The van der Waals surface area contributed by atoms with E-state index < -0.39 is 0 Å². The van der Waals surface area contributed by atoms with Gasteiger partial charge in [0.2, 0.25) is 0 Å². The maximum atomic E-state index is 9.47. The zero-order valence-electron chi connectivity index (χ0n) is 10.2. The molecule has 88 valence electrons. The molecule has 0 bridgehead atoms. The van der Waals surface area contributed by atoms with E-state index in [0.717, 1.165) is 19.3 Å². The van der Waals surface area contributed by atoms with Crippen molar-refractivity contribution in [2.24, 2.45) is 0 Å². The van der Waals surface area contributed by atoms with Crippen molar-refractivity contribution < 1.29 is 5.11 Å². The Morgan fingerprint density at radius 3 is 2.27 bits per heavy atom. The van der Waals surface area contributed by atoms with E-state index in [2.05, 4.69) is 10.3 Å². The van der Waals surface area contributed by atoms with Gasteiger partial charge >= 0.3 is 0 Å². The summed E-state index contributed by atoms with van der Waals surface area (Å²) in [5.74, 6) is 0. The van der Waals surface area contributed by atoms with E-state index in [1.807, 2.05) is 27.7 Å². The van der Waals surface area contributed by atoms with E-state index in [-0.39, 0.29) is 12.1 Å². The molecule has 1 heterocycles. The summed E-state index contributed by atoms with van der Waals surface area (Å²) in [7, 11) is 0. The number of aliphatic hydroxyl groups is 1. The van der Waals surface area contributed by atoms with Crippen LogP contribution in [0.4, 0.5) is 0 Å². The van der Waals surface area contributed by atoms with E-state index in [0.29, 0.717) is 0 Å². The average molecular weight is 213 g/mol. The summed E-state index contributed by atoms with van der Waals surface area (Å²) in [4.78, 5) is 0. The van der Waals surface area contributed by atoms with Gasteiger partial charge in [-0.2, -0.15) is 0 Å². The molecule has 1 N–H and O–H groups in total. The van der Waals surface area contributed by atoms with Crippen molar-refractivity contribution in [3.05, 3.63) is 12.4 Å². The zero-order valence-corrected chi connectivity index (χ0v) is 10.2. The first-order chi connectivity index (χ1) is 7.38. The van der Waals surface area contributed by atoms with E-state index in [4.69, 9.17) is 0 Å². The van der Waals surface area contributed by atoms with Crippen LogP contribution >= 0.6 is 0 Å². The Balaban J connectivity index is 0.000000442. The van der Waals surface area contributed by atoms with Crippen LogP contribution in [0.5, 0.6) is 0 Å². The predicted octanol–water partition coefficient (Wildman–Crippen LogP) is 2.42. The number of nitrogens with zero attached hydrogens (tertiary/aromatic N) is 3. The summed E-state index contributed by atoms with van der Waals surface area (Å²) in [5.41, 5.74) is 0. The number of aliphatic hydroxyl groups excluding tert-OH is 1. The van der Waals surface area contributed by atoms with Crippen LogP contribution in [0.15, 0.2) is 12.4 Å². The van der Waals surface area contributed by atoms with Crippen LogP contribution in [0, 0.1) is 0 Å². The van der Waals surface area contributed by atoms with Crippen LogP contribution in [0.2, 0.25) is 0 Å². The van der Waals surface area contributed by atoms with Crippen molar-refractivity contribution in [3.63, 3.8) is 0 Å². The second kappa shape index (κ2) is 8.41. The Bertz CT molecular complexity index is 224. The van der Waals surface area contributed by atoms with Gasteiger partial charge in [0.1, 0.15) is 0 Å². The molecular weight excluding hydrogens is 190 g/mol. The van der Waals surface area contributed by atoms with Crippen molar-refractivity contribution >= 4 is 0 Å².